The molecule has 0 saturated carbocycles. The van der Waals surface area contributed by atoms with Crippen LogP contribution in [0.3, 0.4) is 0 Å². The first-order valence-corrected chi connectivity index (χ1v) is 8.12. The van der Waals surface area contributed by atoms with Crippen LogP contribution in [0, 0.1) is 6.92 Å². The Morgan fingerprint density at radius 1 is 1.04 bits per heavy atom. The molecule has 2 aromatic heterocycles. The molecule has 0 spiro atoms. The fraction of sp³-hybridized carbons (Fsp3) is 0.200. The predicted molar refractivity (Wildman–Crippen MR) is 97.3 cm³/mol. The Labute approximate surface area is 140 Å². The lowest BCUT2D eigenvalue weighted by Crippen LogP contribution is -1.93. The molecule has 0 aliphatic rings. The summed E-state index contributed by atoms with van der Waals surface area (Å²) in [5.74, 6) is 1.00. The Bertz CT molecular complexity index is 1060. The topological polar surface area (TPSA) is 39.3 Å². The molecule has 0 aliphatic carbocycles. The minimum Gasteiger partial charge on any atom is -0.494 e. The first kappa shape index (κ1) is 14.7. The number of rotatable bonds is 3. The summed E-state index contributed by atoms with van der Waals surface area (Å²) in [5.41, 5.74) is 3.30. The molecule has 24 heavy (non-hydrogen) atoms. The van der Waals surface area contributed by atoms with Gasteiger partial charge in [-0.15, -0.1) is 0 Å². The van der Waals surface area contributed by atoms with Crippen molar-refractivity contribution in [3.63, 3.8) is 0 Å². The minimum atomic E-state index is 0.233. The van der Waals surface area contributed by atoms with Crippen LogP contribution >= 0.6 is 0 Å². The number of ether oxygens (including phenoxy) is 1. The van der Waals surface area contributed by atoms with Gasteiger partial charge in [-0.2, -0.15) is 0 Å². The normalized spacial score (nSPS) is 11.5. The van der Waals surface area contributed by atoms with Crippen molar-refractivity contribution in [1.82, 2.24) is 9.13 Å². The fourth-order valence-electron chi connectivity index (χ4n) is 3.23. The molecule has 2 heterocycles. The average Bonchev–Trinajstić information content (AvgIpc) is 3.05. The van der Waals surface area contributed by atoms with Gasteiger partial charge < -0.3 is 14.4 Å². The molecule has 4 heteroatoms. The number of hydrogen-bond donors (Lipinski definition) is 1. The number of nitrogens with zero attached hydrogens (tertiary/aromatic N) is 2. The molecule has 0 fully saturated rings. The summed E-state index contributed by atoms with van der Waals surface area (Å²) in [7, 11) is 2.06. The summed E-state index contributed by atoms with van der Waals surface area (Å²) in [6, 6.07) is 14.2. The SMILES string of the molecule is CCOc1ccc2cn(-c3ccc4cc(C)n(C)c4c3)c(O)c2c1. The van der Waals surface area contributed by atoms with E-state index in [1.54, 1.807) is 0 Å². The van der Waals surface area contributed by atoms with Crippen molar-refractivity contribution < 1.29 is 9.84 Å². The van der Waals surface area contributed by atoms with Crippen molar-refractivity contribution in [2.45, 2.75) is 13.8 Å². The first-order valence-electron chi connectivity index (χ1n) is 8.12. The molecule has 1 N–H and O–H groups in total. The van der Waals surface area contributed by atoms with E-state index in [1.165, 1.54) is 11.1 Å². The van der Waals surface area contributed by atoms with Crippen LogP contribution in [-0.4, -0.2) is 20.8 Å². The highest BCUT2D eigenvalue weighted by Gasteiger charge is 2.12. The van der Waals surface area contributed by atoms with Gasteiger partial charge in [0.25, 0.3) is 0 Å². The summed E-state index contributed by atoms with van der Waals surface area (Å²) in [6.07, 6.45) is 1.96. The van der Waals surface area contributed by atoms with Gasteiger partial charge in [0.15, 0.2) is 0 Å². The second-order valence-electron chi connectivity index (χ2n) is 6.09. The van der Waals surface area contributed by atoms with Crippen LogP contribution in [0.15, 0.2) is 48.7 Å². The van der Waals surface area contributed by atoms with E-state index in [1.807, 2.05) is 42.0 Å². The largest absolute Gasteiger partial charge is 0.494 e. The number of aromatic nitrogens is 2. The smallest absolute Gasteiger partial charge is 0.203 e. The van der Waals surface area contributed by atoms with Crippen LogP contribution in [0.1, 0.15) is 12.6 Å². The van der Waals surface area contributed by atoms with E-state index >= 15 is 0 Å². The fourth-order valence-corrected chi connectivity index (χ4v) is 3.23. The molecule has 2 aromatic carbocycles. The van der Waals surface area contributed by atoms with E-state index in [2.05, 4.69) is 36.7 Å². The first-order chi connectivity index (χ1) is 11.6. The van der Waals surface area contributed by atoms with Crippen LogP contribution in [0.25, 0.3) is 27.4 Å². The zero-order chi connectivity index (χ0) is 16.8. The highest BCUT2D eigenvalue weighted by atomic mass is 16.5. The number of benzene rings is 2. The maximum atomic E-state index is 10.7. The Morgan fingerprint density at radius 3 is 2.62 bits per heavy atom. The standard InChI is InChI=1S/C20H20N2O2/c1-4-24-17-8-6-15-12-22(20(23)18(15)11-17)16-7-5-14-9-13(2)21(3)19(14)10-16/h5-12,23H,4H2,1-3H3. The average molecular weight is 320 g/mol. The third-order valence-corrected chi connectivity index (χ3v) is 4.62. The number of aromatic hydroxyl groups is 1. The molecular formula is C20H20N2O2. The van der Waals surface area contributed by atoms with Crippen molar-refractivity contribution in [3.8, 4) is 17.3 Å². The molecule has 4 aromatic rings. The van der Waals surface area contributed by atoms with Gasteiger partial charge in [-0.05, 0) is 55.6 Å². The summed E-state index contributed by atoms with van der Waals surface area (Å²) >= 11 is 0. The summed E-state index contributed by atoms with van der Waals surface area (Å²) in [6.45, 7) is 4.65. The molecule has 0 unspecified atom stereocenters. The van der Waals surface area contributed by atoms with Crippen molar-refractivity contribution >= 4 is 21.7 Å². The highest BCUT2D eigenvalue weighted by Crippen LogP contribution is 2.33. The Balaban J connectivity index is 1.89. The monoisotopic (exact) mass is 320 g/mol. The third kappa shape index (κ3) is 2.14. The van der Waals surface area contributed by atoms with E-state index in [4.69, 9.17) is 4.74 Å². The van der Waals surface area contributed by atoms with E-state index < -0.39 is 0 Å². The van der Waals surface area contributed by atoms with Crippen molar-refractivity contribution in [2.75, 3.05) is 6.61 Å². The van der Waals surface area contributed by atoms with E-state index in [-0.39, 0.29) is 5.88 Å². The molecule has 0 radical (unpaired) electrons. The summed E-state index contributed by atoms with van der Waals surface area (Å²) < 4.78 is 9.52. The molecule has 0 saturated heterocycles. The van der Waals surface area contributed by atoms with Crippen LogP contribution in [-0.2, 0) is 7.05 Å². The number of aryl methyl sites for hydroxylation is 2. The van der Waals surface area contributed by atoms with Crippen molar-refractivity contribution in [3.05, 3.63) is 54.4 Å². The zero-order valence-electron chi connectivity index (χ0n) is 14.1. The molecule has 0 atom stereocenters. The van der Waals surface area contributed by atoms with Crippen LogP contribution < -0.4 is 4.74 Å². The van der Waals surface area contributed by atoms with Crippen LogP contribution in [0.2, 0.25) is 0 Å². The zero-order valence-corrected chi connectivity index (χ0v) is 14.1. The van der Waals surface area contributed by atoms with Gasteiger partial charge in [-0.1, -0.05) is 6.07 Å². The van der Waals surface area contributed by atoms with Gasteiger partial charge in [0.05, 0.1) is 17.8 Å². The van der Waals surface area contributed by atoms with Gasteiger partial charge >= 0.3 is 0 Å². The second kappa shape index (κ2) is 5.34. The van der Waals surface area contributed by atoms with Gasteiger partial charge in [-0.3, -0.25) is 4.57 Å². The quantitative estimate of drug-likeness (QED) is 0.602. The summed E-state index contributed by atoms with van der Waals surface area (Å²) in [4.78, 5) is 0. The van der Waals surface area contributed by atoms with E-state index in [0.717, 1.165) is 27.7 Å². The molecule has 0 aliphatic heterocycles. The Hall–Kier alpha value is -2.88. The lowest BCUT2D eigenvalue weighted by molar-refractivity contribution is 0.340. The third-order valence-electron chi connectivity index (χ3n) is 4.62. The van der Waals surface area contributed by atoms with Gasteiger partial charge in [0, 0.05) is 29.7 Å². The second-order valence-corrected chi connectivity index (χ2v) is 6.09. The number of fused-ring (bicyclic) bond motifs is 2. The molecule has 0 bridgehead atoms. The van der Waals surface area contributed by atoms with Crippen molar-refractivity contribution in [1.29, 1.82) is 0 Å². The maximum Gasteiger partial charge on any atom is 0.203 e. The number of hydrogen-bond acceptors (Lipinski definition) is 2. The van der Waals surface area contributed by atoms with Crippen LogP contribution in [0.5, 0.6) is 11.6 Å². The summed E-state index contributed by atoms with van der Waals surface area (Å²) in [5, 5.41) is 13.7. The Morgan fingerprint density at radius 2 is 1.83 bits per heavy atom. The van der Waals surface area contributed by atoms with E-state index in [9.17, 15) is 5.11 Å². The minimum absolute atomic E-state index is 0.233. The lowest BCUT2D eigenvalue weighted by atomic mass is 10.2. The maximum absolute atomic E-state index is 10.7. The van der Waals surface area contributed by atoms with E-state index in [0.29, 0.717) is 6.61 Å². The van der Waals surface area contributed by atoms with Gasteiger partial charge in [0.1, 0.15) is 5.75 Å². The molecule has 4 nitrogen and oxygen atoms in total. The molecule has 4 rings (SSSR count). The van der Waals surface area contributed by atoms with Crippen molar-refractivity contribution in [2.24, 2.45) is 7.05 Å². The van der Waals surface area contributed by atoms with Gasteiger partial charge in [-0.25, -0.2) is 0 Å². The lowest BCUT2D eigenvalue weighted by Gasteiger charge is -2.07. The highest BCUT2D eigenvalue weighted by molar-refractivity contribution is 5.91. The molecular weight excluding hydrogens is 300 g/mol. The molecule has 122 valence electrons. The van der Waals surface area contributed by atoms with Gasteiger partial charge in [0.2, 0.25) is 5.88 Å². The Kier molecular flexibility index (Phi) is 3.27. The molecule has 0 amide bonds. The predicted octanol–water partition coefficient (Wildman–Crippen LogP) is 4.53. The van der Waals surface area contributed by atoms with Crippen LogP contribution in [0.4, 0.5) is 0 Å².